The molecule has 0 bridgehead atoms. The Morgan fingerprint density at radius 2 is 2.23 bits per heavy atom. The molecule has 5 heteroatoms. The van der Waals surface area contributed by atoms with Crippen LogP contribution in [0.3, 0.4) is 0 Å². The van der Waals surface area contributed by atoms with Gasteiger partial charge in [-0.05, 0) is 6.92 Å². The summed E-state index contributed by atoms with van der Waals surface area (Å²) >= 11 is 0. The second-order valence-electron chi connectivity index (χ2n) is 2.12. The normalized spacial score (nSPS) is 9.31. The van der Waals surface area contributed by atoms with Crippen LogP contribution in [-0.2, 0) is 0 Å². The summed E-state index contributed by atoms with van der Waals surface area (Å²) < 4.78 is 9.37. The summed E-state index contributed by atoms with van der Waals surface area (Å²) in [7, 11) is 0. The summed E-state index contributed by atoms with van der Waals surface area (Å²) in [5.41, 5.74) is 0. The van der Waals surface area contributed by atoms with E-state index in [4.69, 9.17) is 9.84 Å². The fourth-order valence-corrected chi connectivity index (χ4v) is 0.770. The molecule has 1 heterocycles. The summed E-state index contributed by atoms with van der Waals surface area (Å²) in [4.78, 5) is 13.9. The molecular formula is C8H9NO4. The van der Waals surface area contributed by atoms with E-state index in [-0.39, 0.29) is 5.88 Å². The Morgan fingerprint density at radius 3 is 2.85 bits per heavy atom. The minimum absolute atomic E-state index is 0.0125. The summed E-state index contributed by atoms with van der Waals surface area (Å²) in [5.74, 6) is 0.361. The zero-order valence-electron chi connectivity index (χ0n) is 7.06. The summed E-state index contributed by atoms with van der Waals surface area (Å²) in [6.45, 7) is 2.29. The van der Waals surface area contributed by atoms with Crippen molar-refractivity contribution in [2.24, 2.45) is 0 Å². The lowest BCUT2D eigenvalue weighted by Gasteiger charge is -2.02. The van der Waals surface area contributed by atoms with Crippen molar-refractivity contribution in [3.05, 3.63) is 18.2 Å². The second-order valence-corrected chi connectivity index (χ2v) is 2.12. The van der Waals surface area contributed by atoms with Crippen LogP contribution < -0.4 is 9.47 Å². The molecule has 1 aromatic heterocycles. The average Bonchev–Trinajstić information content (AvgIpc) is 2.04. The molecule has 0 amide bonds. The highest BCUT2D eigenvalue weighted by Crippen LogP contribution is 2.13. The van der Waals surface area contributed by atoms with Gasteiger partial charge in [-0.25, -0.2) is 4.79 Å². The molecular weight excluding hydrogens is 174 g/mol. The molecule has 1 N–H and O–H groups in total. The molecule has 0 radical (unpaired) electrons. The standard InChI is InChI=1S/C8H9NO4/c1-2-12-6-4-3-5-7(9-6)13-8(10)11/h3-5H,2H2,1H3,(H,10,11). The average molecular weight is 183 g/mol. The molecule has 0 saturated carbocycles. The fourth-order valence-electron chi connectivity index (χ4n) is 0.770. The molecule has 13 heavy (non-hydrogen) atoms. The predicted molar refractivity (Wildman–Crippen MR) is 44.1 cm³/mol. The third-order valence-electron chi connectivity index (χ3n) is 1.18. The van der Waals surface area contributed by atoms with E-state index in [1.165, 1.54) is 6.07 Å². The van der Waals surface area contributed by atoms with Crippen molar-refractivity contribution >= 4 is 6.16 Å². The molecule has 0 spiro atoms. The van der Waals surface area contributed by atoms with Crippen LogP contribution in [-0.4, -0.2) is 22.9 Å². The Bertz CT molecular complexity index is 300. The molecule has 0 aliphatic heterocycles. The van der Waals surface area contributed by atoms with Crippen molar-refractivity contribution in [1.29, 1.82) is 0 Å². The number of ether oxygens (including phenoxy) is 2. The zero-order valence-corrected chi connectivity index (χ0v) is 7.06. The molecule has 70 valence electrons. The molecule has 0 aliphatic carbocycles. The lowest BCUT2D eigenvalue weighted by Crippen LogP contribution is -2.05. The monoisotopic (exact) mass is 183 g/mol. The first-order chi connectivity index (χ1) is 6.22. The lowest BCUT2D eigenvalue weighted by atomic mass is 10.5. The van der Waals surface area contributed by atoms with E-state index in [1.807, 2.05) is 6.92 Å². The van der Waals surface area contributed by atoms with Gasteiger partial charge in [-0.1, -0.05) is 6.07 Å². The first-order valence-corrected chi connectivity index (χ1v) is 3.73. The molecule has 0 saturated heterocycles. The topological polar surface area (TPSA) is 68.7 Å². The number of pyridine rings is 1. The largest absolute Gasteiger partial charge is 0.512 e. The van der Waals surface area contributed by atoms with E-state index in [0.717, 1.165) is 0 Å². The van der Waals surface area contributed by atoms with Gasteiger partial charge in [0.1, 0.15) is 0 Å². The van der Waals surface area contributed by atoms with Crippen LogP contribution in [0.4, 0.5) is 4.79 Å². The minimum Gasteiger partial charge on any atom is -0.478 e. The maximum atomic E-state index is 10.1. The van der Waals surface area contributed by atoms with Gasteiger partial charge in [0.15, 0.2) is 0 Å². The summed E-state index contributed by atoms with van der Waals surface area (Å²) in [6, 6.07) is 4.67. The summed E-state index contributed by atoms with van der Waals surface area (Å²) in [5, 5.41) is 8.28. The van der Waals surface area contributed by atoms with Crippen molar-refractivity contribution in [2.75, 3.05) is 6.61 Å². The van der Waals surface area contributed by atoms with Crippen molar-refractivity contribution < 1.29 is 19.4 Å². The number of aromatic nitrogens is 1. The van der Waals surface area contributed by atoms with E-state index in [9.17, 15) is 4.79 Å². The number of rotatable bonds is 3. The van der Waals surface area contributed by atoms with E-state index >= 15 is 0 Å². The van der Waals surface area contributed by atoms with Gasteiger partial charge in [-0.15, -0.1) is 0 Å². The maximum Gasteiger partial charge on any atom is 0.512 e. The predicted octanol–water partition coefficient (Wildman–Crippen LogP) is 1.54. The number of carboxylic acid groups (broad SMARTS) is 1. The summed E-state index contributed by atoms with van der Waals surface area (Å²) in [6.07, 6.45) is -1.39. The van der Waals surface area contributed by atoms with Gasteiger partial charge >= 0.3 is 6.16 Å². The molecule has 1 aromatic rings. The Labute approximate surface area is 74.9 Å². The molecule has 0 aliphatic rings. The van der Waals surface area contributed by atoms with E-state index < -0.39 is 6.16 Å². The Kier molecular flexibility index (Phi) is 3.08. The third-order valence-corrected chi connectivity index (χ3v) is 1.18. The van der Waals surface area contributed by atoms with Crippen LogP contribution in [0.15, 0.2) is 18.2 Å². The van der Waals surface area contributed by atoms with Crippen LogP contribution in [0.25, 0.3) is 0 Å². The van der Waals surface area contributed by atoms with Gasteiger partial charge in [0, 0.05) is 12.1 Å². The lowest BCUT2D eigenvalue weighted by molar-refractivity contribution is 0.142. The number of hydrogen-bond donors (Lipinski definition) is 1. The van der Waals surface area contributed by atoms with Crippen LogP contribution in [0, 0.1) is 0 Å². The third kappa shape index (κ3) is 2.98. The number of hydrogen-bond acceptors (Lipinski definition) is 4. The molecule has 0 unspecified atom stereocenters. The van der Waals surface area contributed by atoms with Crippen LogP contribution in [0.5, 0.6) is 11.8 Å². The van der Waals surface area contributed by atoms with Crippen LogP contribution in [0.1, 0.15) is 6.92 Å². The van der Waals surface area contributed by atoms with E-state index in [0.29, 0.717) is 12.5 Å². The highest BCUT2D eigenvalue weighted by molar-refractivity contribution is 5.60. The molecule has 0 aromatic carbocycles. The van der Waals surface area contributed by atoms with Crippen molar-refractivity contribution in [1.82, 2.24) is 4.98 Å². The van der Waals surface area contributed by atoms with Gasteiger partial charge in [0.2, 0.25) is 11.8 Å². The first-order valence-electron chi connectivity index (χ1n) is 3.73. The van der Waals surface area contributed by atoms with Crippen molar-refractivity contribution in [3.63, 3.8) is 0 Å². The van der Waals surface area contributed by atoms with Gasteiger partial charge in [-0.3, -0.25) is 0 Å². The van der Waals surface area contributed by atoms with Gasteiger partial charge in [0.25, 0.3) is 0 Å². The molecule has 1 rings (SSSR count). The number of carbonyl (C=O) groups is 1. The molecule has 0 fully saturated rings. The van der Waals surface area contributed by atoms with Crippen molar-refractivity contribution in [2.45, 2.75) is 6.92 Å². The van der Waals surface area contributed by atoms with Crippen LogP contribution in [0.2, 0.25) is 0 Å². The Morgan fingerprint density at radius 1 is 1.54 bits per heavy atom. The van der Waals surface area contributed by atoms with E-state index in [1.54, 1.807) is 12.1 Å². The van der Waals surface area contributed by atoms with Gasteiger partial charge in [-0.2, -0.15) is 4.98 Å². The first kappa shape index (κ1) is 9.31. The quantitative estimate of drug-likeness (QED) is 0.719. The van der Waals surface area contributed by atoms with Gasteiger partial charge in [0.05, 0.1) is 6.61 Å². The fraction of sp³-hybridized carbons (Fsp3) is 0.250. The Hall–Kier alpha value is -1.78. The van der Waals surface area contributed by atoms with Gasteiger partial charge < -0.3 is 14.6 Å². The maximum absolute atomic E-state index is 10.1. The second kappa shape index (κ2) is 4.30. The molecule has 5 nitrogen and oxygen atoms in total. The van der Waals surface area contributed by atoms with Crippen LogP contribution >= 0.6 is 0 Å². The van der Waals surface area contributed by atoms with Crippen molar-refractivity contribution in [3.8, 4) is 11.8 Å². The number of nitrogens with zero attached hydrogens (tertiary/aromatic N) is 1. The molecule has 0 atom stereocenters. The minimum atomic E-state index is -1.39. The zero-order chi connectivity index (χ0) is 9.68. The highest BCUT2D eigenvalue weighted by atomic mass is 16.7. The SMILES string of the molecule is CCOc1cccc(OC(=O)O)n1. The smallest absolute Gasteiger partial charge is 0.478 e. The van der Waals surface area contributed by atoms with E-state index in [2.05, 4.69) is 9.72 Å². The Balaban J connectivity index is 2.73. The highest BCUT2D eigenvalue weighted by Gasteiger charge is 2.02.